The number of hydrogen-bond acceptors (Lipinski definition) is 5. The number of nitrogens with one attached hydrogen (secondary N) is 1. The topological polar surface area (TPSA) is 73.6 Å². The molecule has 0 bridgehead atoms. The average molecular weight is 214 g/mol. The van der Waals surface area contributed by atoms with E-state index in [2.05, 4.69) is 10.1 Å². The van der Waals surface area contributed by atoms with Gasteiger partial charge in [0.2, 0.25) is 0 Å². The Morgan fingerprint density at radius 1 is 1.60 bits per heavy atom. The Balaban J connectivity index is 2.85. The predicted octanol–water partition coefficient (Wildman–Crippen LogP) is -0.580. The van der Waals surface area contributed by atoms with E-state index in [0.717, 1.165) is 0 Å². The first-order valence-corrected chi connectivity index (χ1v) is 4.88. The van der Waals surface area contributed by atoms with Crippen LogP contribution in [0.3, 0.4) is 0 Å². The SMILES string of the molecule is CNC1[C@H](N)CC(C(=O)OC)=C[C@@H]1OC. The van der Waals surface area contributed by atoms with Gasteiger partial charge in [-0.3, -0.25) is 0 Å². The fraction of sp³-hybridized carbons (Fsp3) is 0.700. The van der Waals surface area contributed by atoms with E-state index in [4.69, 9.17) is 10.5 Å². The second-order valence-electron chi connectivity index (χ2n) is 3.57. The zero-order valence-electron chi connectivity index (χ0n) is 9.32. The second-order valence-corrected chi connectivity index (χ2v) is 3.57. The molecule has 0 aromatic carbocycles. The van der Waals surface area contributed by atoms with Crippen molar-refractivity contribution >= 4 is 5.97 Å². The van der Waals surface area contributed by atoms with Crippen molar-refractivity contribution in [1.29, 1.82) is 0 Å². The first kappa shape index (κ1) is 12.2. The lowest BCUT2D eigenvalue weighted by molar-refractivity contribution is -0.136. The third-order valence-corrected chi connectivity index (χ3v) is 2.69. The second kappa shape index (κ2) is 5.25. The highest BCUT2D eigenvalue weighted by atomic mass is 16.5. The number of hydrogen-bond donors (Lipinski definition) is 2. The highest BCUT2D eigenvalue weighted by Crippen LogP contribution is 2.20. The molecule has 0 heterocycles. The molecule has 0 amide bonds. The summed E-state index contributed by atoms with van der Waals surface area (Å²) in [6.07, 6.45) is 2.10. The summed E-state index contributed by atoms with van der Waals surface area (Å²) in [5.74, 6) is -0.331. The van der Waals surface area contributed by atoms with Gasteiger partial charge in [0.15, 0.2) is 0 Å². The van der Waals surface area contributed by atoms with E-state index in [1.807, 2.05) is 7.05 Å². The van der Waals surface area contributed by atoms with Gasteiger partial charge in [0.1, 0.15) is 0 Å². The summed E-state index contributed by atoms with van der Waals surface area (Å²) in [6.45, 7) is 0. The van der Waals surface area contributed by atoms with E-state index in [-0.39, 0.29) is 24.2 Å². The van der Waals surface area contributed by atoms with Crippen molar-refractivity contribution in [1.82, 2.24) is 5.32 Å². The van der Waals surface area contributed by atoms with Gasteiger partial charge >= 0.3 is 5.97 Å². The molecule has 0 saturated heterocycles. The average Bonchev–Trinajstić information content (AvgIpc) is 2.26. The lowest BCUT2D eigenvalue weighted by Crippen LogP contribution is -2.53. The number of likely N-dealkylation sites (N-methyl/N-ethyl adjacent to an activating group) is 1. The summed E-state index contributed by atoms with van der Waals surface area (Å²) >= 11 is 0. The van der Waals surface area contributed by atoms with Gasteiger partial charge in [-0.05, 0) is 19.5 Å². The van der Waals surface area contributed by atoms with Crippen LogP contribution in [-0.4, -0.2) is 45.4 Å². The molecule has 1 unspecified atom stereocenters. The first-order valence-electron chi connectivity index (χ1n) is 4.88. The van der Waals surface area contributed by atoms with E-state index in [1.54, 1.807) is 13.2 Å². The molecule has 0 spiro atoms. The van der Waals surface area contributed by atoms with Gasteiger partial charge in [0.05, 0.1) is 19.3 Å². The lowest BCUT2D eigenvalue weighted by atomic mass is 9.88. The smallest absolute Gasteiger partial charge is 0.333 e. The maximum atomic E-state index is 11.3. The normalized spacial score (nSPS) is 30.9. The number of carbonyl (C=O) groups excluding carboxylic acids is 1. The molecule has 3 atom stereocenters. The highest BCUT2D eigenvalue weighted by Gasteiger charge is 2.32. The number of rotatable bonds is 3. The zero-order valence-corrected chi connectivity index (χ0v) is 9.32. The standard InChI is InChI=1S/C10H18N2O3/c1-12-9-7(11)4-6(10(13)15-3)5-8(9)14-2/h5,7-9,12H,4,11H2,1-3H3/t7-,8+,9?/m1/s1. The minimum atomic E-state index is -0.331. The predicted molar refractivity (Wildman–Crippen MR) is 56.3 cm³/mol. The van der Waals surface area contributed by atoms with Crippen LogP contribution in [0.5, 0.6) is 0 Å². The van der Waals surface area contributed by atoms with Crippen LogP contribution in [0.25, 0.3) is 0 Å². The fourth-order valence-electron chi connectivity index (χ4n) is 1.87. The van der Waals surface area contributed by atoms with Crippen molar-refractivity contribution in [2.45, 2.75) is 24.6 Å². The van der Waals surface area contributed by atoms with Crippen molar-refractivity contribution in [2.24, 2.45) is 5.73 Å². The lowest BCUT2D eigenvalue weighted by Gasteiger charge is -2.33. The van der Waals surface area contributed by atoms with Crippen molar-refractivity contribution in [3.63, 3.8) is 0 Å². The highest BCUT2D eigenvalue weighted by molar-refractivity contribution is 5.88. The van der Waals surface area contributed by atoms with E-state index in [0.29, 0.717) is 12.0 Å². The van der Waals surface area contributed by atoms with Gasteiger partial charge in [-0.1, -0.05) is 0 Å². The van der Waals surface area contributed by atoms with E-state index >= 15 is 0 Å². The first-order chi connectivity index (χ1) is 7.13. The molecule has 15 heavy (non-hydrogen) atoms. The van der Waals surface area contributed by atoms with E-state index in [1.165, 1.54) is 7.11 Å². The molecular weight excluding hydrogens is 196 g/mol. The maximum Gasteiger partial charge on any atom is 0.333 e. The van der Waals surface area contributed by atoms with Crippen molar-refractivity contribution in [3.8, 4) is 0 Å². The van der Waals surface area contributed by atoms with Crippen LogP contribution in [0.15, 0.2) is 11.6 Å². The molecule has 5 heteroatoms. The number of ether oxygens (including phenoxy) is 2. The van der Waals surface area contributed by atoms with Crippen LogP contribution < -0.4 is 11.1 Å². The molecular formula is C10H18N2O3. The van der Waals surface area contributed by atoms with Crippen molar-refractivity contribution in [3.05, 3.63) is 11.6 Å². The van der Waals surface area contributed by atoms with Crippen LogP contribution in [-0.2, 0) is 14.3 Å². The van der Waals surface area contributed by atoms with Gasteiger partial charge in [-0.2, -0.15) is 0 Å². The molecule has 0 fully saturated rings. The van der Waals surface area contributed by atoms with Crippen LogP contribution >= 0.6 is 0 Å². The van der Waals surface area contributed by atoms with Gasteiger partial charge in [0.25, 0.3) is 0 Å². The third kappa shape index (κ3) is 2.56. The molecule has 0 aliphatic heterocycles. The quantitative estimate of drug-likeness (QED) is 0.615. The summed E-state index contributed by atoms with van der Waals surface area (Å²) in [7, 11) is 4.78. The molecule has 0 radical (unpaired) electrons. The number of nitrogens with two attached hydrogens (primary N) is 1. The van der Waals surface area contributed by atoms with E-state index < -0.39 is 0 Å². The molecule has 0 aromatic heterocycles. The van der Waals surface area contributed by atoms with Crippen LogP contribution in [0, 0.1) is 0 Å². The molecule has 1 rings (SSSR count). The molecule has 3 N–H and O–H groups in total. The minimum absolute atomic E-state index is 0.0309. The van der Waals surface area contributed by atoms with Crippen LogP contribution in [0.4, 0.5) is 0 Å². The molecule has 0 saturated carbocycles. The minimum Gasteiger partial charge on any atom is -0.466 e. The van der Waals surface area contributed by atoms with Gasteiger partial charge in [-0.25, -0.2) is 4.79 Å². The summed E-state index contributed by atoms with van der Waals surface area (Å²) in [5.41, 5.74) is 6.53. The summed E-state index contributed by atoms with van der Waals surface area (Å²) in [5, 5.41) is 3.09. The Labute approximate surface area is 89.6 Å². The Morgan fingerprint density at radius 2 is 2.27 bits per heavy atom. The number of carbonyl (C=O) groups is 1. The maximum absolute atomic E-state index is 11.3. The Bertz CT molecular complexity index is 265. The third-order valence-electron chi connectivity index (χ3n) is 2.69. The Morgan fingerprint density at radius 3 is 2.73 bits per heavy atom. The molecule has 86 valence electrons. The van der Waals surface area contributed by atoms with Crippen LogP contribution in [0.2, 0.25) is 0 Å². The Hall–Kier alpha value is -0.910. The van der Waals surface area contributed by atoms with E-state index in [9.17, 15) is 4.79 Å². The summed E-state index contributed by atoms with van der Waals surface area (Å²) in [4.78, 5) is 11.3. The summed E-state index contributed by atoms with van der Waals surface area (Å²) < 4.78 is 9.92. The van der Waals surface area contributed by atoms with Gasteiger partial charge < -0.3 is 20.5 Å². The largest absolute Gasteiger partial charge is 0.466 e. The molecule has 5 nitrogen and oxygen atoms in total. The van der Waals surface area contributed by atoms with Crippen molar-refractivity contribution in [2.75, 3.05) is 21.3 Å². The molecule has 1 aliphatic carbocycles. The molecule has 0 aromatic rings. The zero-order chi connectivity index (χ0) is 11.4. The number of methoxy groups -OCH3 is 2. The van der Waals surface area contributed by atoms with Crippen LogP contribution in [0.1, 0.15) is 6.42 Å². The van der Waals surface area contributed by atoms with Gasteiger partial charge in [-0.15, -0.1) is 0 Å². The van der Waals surface area contributed by atoms with Crippen molar-refractivity contribution < 1.29 is 14.3 Å². The summed E-state index contributed by atoms with van der Waals surface area (Å²) in [6, 6.07) is -0.109. The number of esters is 1. The monoisotopic (exact) mass is 214 g/mol. The molecule has 1 aliphatic rings. The fourth-order valence-corrected chi connectivity index (χ4v) is 1.87. The Kier molecular flexibility index (Phi) is 4.26. The van der Waals surface area contributed by atoms with Gasteiger partial charge in [0, 0.05) is 18.7 Å².